The summed E-state index contributed by atoms with van der Waals surface area (Å²) in [5.74, 6) is -0.524. The lowest BCUT2D eigenvalue weighted by atomic mass is 10.0. The van der Waals surface area contributed by atoms with Crippen LogP contribution in [0, 0.1) is 6.92 Å². The molecule has 3 heterocycles. The van der Waals surface area contributed by atoms with Gasteiger partial charge < -0.3 is 18.9 Å². The van der Waals surface area contributed by atoms with E-state index >= 15 is 0 Å². The zero-order valence-electron chi connectivity index (χ0n) is 10.3. The number of hydrogen-bond acceptors (Lipinski definition) is 5. The highest BCUT2D eigenvalue weighted by atomic mass is 16.7. The van der Waals surface area contributed by atoms with Crippen molar-refractivity contribution < 1.29 is 18.8 Å². The number of carbonyl (C=O) groups excluding carboxylic acids is 1. The average Bonchev–Trinajstić information content (AvgIpc) is 2.99. The lowest BCUT2D eigenvalue weighted by Gasteiger charge is -2.37. The summed E-state index contributed by atoms with van der Waals surface area (Å²) < 4.78 is 16.1. The molecule has 1 amide bonds. The standard InChI is InChI=1S/C12H16N2O4/c1-9-8-18-13-10(9)11(15)14-4-2-12(3-5-14)16-6-7-17-12/h8H,2-7H2,1H3. The van der Waals surface area contributed by atoms with E-state index in [0.717, 1.165) is 18.4 Å². The lowest BCUT2D eigenvalue weighted by molar-refractivity contribution is -0.181. The highest BCUT2D eigenvalue weighted by Crippen LogP contribution is 2.31. The van der Waals surface area contributed by atoms with Gasteiger partial charge in [0, 0.05) is 31.5 Å². The molecule has 0 radical (unpaired) electrons. The number of likely N-dealkylation sites (tertiary alicyclic amines) is 1. The third-order valence-electron chi connectivity index (χ3n) is 3.58. The number of nitrogens with zero attached hydrogens (tertiary/aromatic N) is 2. The zero-order chi connectivity index (χ0) is 12.6. The number of piperidine rings is 1. The first-order valence-corrected chi connectivity index (χ1v) is 6.18. The van der Waals surface area contributed by atoms with Gasteiger partial charge in [-0.15, -0.1) is 0 Å². The molecule has 3 rings (SSSR count). The summed E-state index contributed by atoms with van der Waals surface area (Å²) in [6.45, 7) is 4.38. The Bertz CT molecular complexity index is 441. The van der Waals surface area contributed by atoms with Crippen LogP contribution < -0.4 is 0 Å². The topological polar surface area (TPSA) is 64.8 Å². The molecule has 0 aromatic carbocycles. The molecule has 2 aliphatic heterocycles. The number of rotatable bonds is 1. The van der Waals surface area contributed by atoms with Crippen LogP contribution in [0.3, 0.4) is 0 Å². The SMILES string of the molecule is Cc1conc1C(=O)N1CCC2(CC1)OCCO2. The Kier molecular flexibility index (Phi) is 2.83. The van der Waals surface area contributed by atoms with E-state index in [4.69, 9.17) is 14.0 Å². The molecule has 1 spiro atoms. The van der Waals surface area contributed by atoms with Crippen LogP contribution in [-0.2, 0) is 9.47 Å². The Morgan fingerprint density at radius 2 is 2.00 bits per heavy atom. The van der Waals surface area contributed by atoms with E-state index in [-0.39, 0.29) is 5.91 Å². The number of aromatic nitrogens is 1. The number of amides is 1. The van der Waals surface area contributed by atoms with Crippen molar-refractivity contribution in [3.63, 3.8) is 0 Å². The van der Waals surface area contributed by atoms with Crippen molar-refractivity contribution in [2.24, 2.45) is 0 Å². The highest BCUT2D eigenvalue weighted by Gasteiger charge is 2.41. The van der Waals surface area contributed by atoms with Crippen molar-refractivity contribution in [3.8, 4) is 0 Å². The van der Waals surface area contributed by atoms with E-state index in [1.807, 2.05) is 6.92 Å². The Balaban J connectivity index is 1.66. The minimum absolute atomic E-state index is 0.0749. The van der Waals surface area contributed by atoms with E-state index < -0.39 is 5.79 Å². The number of hydrogen-bond donors (Lipinski definition) is 0. The normalized spacial score (nSPS) is 22.6. The fourth-order valence-electron chi connectivity index (χ4n) is 2.48. The van der Waals surface area contributed by atoms with Crippen LogP contribution in [0.4, 0.5) is 0 Å². The maximum atomic E-state index is 12.2. The monoisotopic (exact) mass is 252 g/mol. The second-order valence-electron chi connectivity index (χ2n) is 4.75. The first kappa shape index (κ1) is 11.7. The molecule has 0 aliphatic carbocycles. The Morgan fingerprint density at radius 3 is 2.56 bits per heavy atom. The highest BCUT2D eigenvalue weighted by molar-refractivity contribution is 5.93. The van der Waals surface area contributed by atoms with E-state index in [0.29, 0.717) is 32.0 Å². The van der Waals surface area contributed by atoms with Crippen molar-refractivity contribution in [3.05, 3.63) is 17.5 Å². The Hall–Kier alpha value is -1.40. The molecule has 0 unspecified atom stereocenters. The summed E-state index contributed by atoms with van der Waals surface area (Å²) in [6.07, 6.45) is 2.92. The van der Waals surface area contributed by atoms with Gasteiger partial charge >= 0.3 is 0 Å². The van der Waals surface area contributed by atoms with Crippen molar-refractivity contribution in [2.75, 3.05) is 26.3 Å². The van der Waals surface area contributed by atoms with Gasteiger partial charge in [-0.05, 0) is 6.92 Å². The van der Waals surface area contributed by atoms with Crippen LogP contribution in [-0.4, -0.2) is 48.1 Å². The fraction of sp³-hybridized carbons (Fsp3) is 0.667. The van der Waals surface area contributed by atoms with Gasteiger partial charge in [0.1, 0.15) is 6.26 Å². The Morgan fingerprint density at radius 1 is 1.33 bits per heavy atom. The second kappa shape index (κ2) is 4.37. The van der Waals surface area contributed by atoms with Crippen molar-refractivity contribution >= 4 is 5.91 Å². The summed E-state index contributed by atoms with van der Waals surface area (Å²) in [7, 11) is 0. The summed E-state index contributed by atoms with van der Waals surface area (Å²) in [4.78, 5) is 14.0. The van der Waals surface area contributed by atoms with Crippen LogP contribution in [0.2, 0.25) is 0 Å². The summed E-state index contributed by atoms with van der Waals surface area (Å²) in [5.41, 5.74) is 1.17. The fourth-order valence-corrected chi connectivity index (χ4v) is 2.48. The molecule has 0 atom stereocenters. The summed E-state index contributed by atoms with van der Waals surface area (Å²) in [5, 5.41) is 3.75. The van der Waals surface area contributed by atoms with Gasteiger partial charge in [-0.3, -0.25) is 4.79 Å². The average molecular weight is 252 g/mol. The molecule has 6 heteroatoms. The van der Waals surface area contributed by atoms with Crippen LogP contribution in [0.5, 0.6) is 0 Å². The second-order valence-corrected chi connectivity index (χ2v) is 4.75. The molecule has 1 aromatic rings. The molecule has 2 saturated heterocycles. The predicted molar refractivity (Wildman–Crippen MR) is 61.0 cm³/mol. The van der Waals surface area contributed by atoms with Gasteiger partial charge in [-0.25, -0.2) is 0 Å². The third kappa shape index (κ3) is 1.91. The van der Waals surface area contributed by atoms with E-state index in [1.54, 1.807) is 4.90 Å². The minimum atomic E-state index is -0.449. The first-order valence-electron chi connectivity index (χ1n) is 6.18. The van der Waals surface area contributed by atoms with Gasteiger partial charge in [0.05, 0.1) is 13.2 Å². The summed E-state index contributed by atoms with van der Waals surface area (Å²) >= 11 is 0. The van der Waals surface area contributed by atoms with Crippen molar-refractivity contribution in [1.82, 2.24) is 10.1 Å². The van der Waals surface area contributed by atoms with Crippen LogP contribution in [0.25, 0.3) is 0 Å². The minimum Gasteiger partial charge on any atom is -0.364 e. The predicted octanol–water partition coefficient (Wildman–Crippen LogP) is 0.962. The molecule has 18 heavy (non-hydrogen) atoms. The van der Waals surface area contributed by atoms with Gasteiger partial charge in [-0.1, -0.05) is 5.16 Å². The smallest absolute Gasteiger partial charge is 0.276 e. The zero-order valence-corrected chi connectivity index (χ0v) is 10.3. The molecule has 0 bridgehead atoms. The molecule has 0 saturated carbocycles. The van der Waals surface area contributed by atoms with Crippen molar-refractivity contribution in [1.29, 1.82) is 0 Å². The number of aryl methyl sites for hydroxylation is 1. The first-order chi connectivity index (χ1) is 8.70. The molecule has 6 nitrogen and oxygen atoms in total. The van der Waals surface area contributed by atoms with E-state index in [2.05, 4.69) is 5.16 Å². The van der Waals surface area contributed by atoms with Gasteiger partial charge in [0.15, 0.2) is 11.5 Å². The number of ether oxygens (including phenoxy) is 2. The molecule has 1 aromatic heterocycles. The quantitative estimate of drug-likeness (QED) is 0.745. The van der Waals surface area contributed by atoms with Gasteiger partial charge in [0.25, 0.3) is 5.91 Å². The summed E-state index contributed by atoms with van der Waals surface area (Å²) in [6, 6.07) is 0. The van der Waals surface area contributed by atoms with Crippen LogP contribution in [0.15, 0.2) is 10.8 Å². The molecule has 2 aliphatic rings. The third-order valence-corrected chi connectivity index (χ3v) is 3.58. The van der Waals surface area contributed by atoms with Gasteiger partial charge in [-0.2, -0.15) is 0 Å². The number of carbonyl (C=O) groups is 1. The van der Waals surface area contributed by atoms with Gasteiger partial charge in [0.2, 0.25) is 0 Å². The molecule has 98 valence electrons. The van der Waals surface area contributed by atoms with Crippen LogP contribution in [0.1, 0.15) is 28.9 Å². The molecular formula is C12H16N2O4. The maximum Gasteiger partial charge on any atom is 0.276 e. The maximum absolute atomic E-state index is 12.2. The molecule has 2 fully saturated rings. The Labute approximate surface area is 105 Å². The van der Waals surface area contributed by atoms with E-state index in [9.17, 15) is 4.79 Å². The largest absolute Gasteiger partial charge is 0.364 e. The van der Waals surface area contributed by atoms with Crippen LogP contribution >= 0.6 is 0 Å². The molecular weight excluding hydrogens is 236 g/mol. The van der Waals surface area contributed by atoms with E-state index in [1.165, 1.54) is 6.26 Å². The lowest BCUT2D eigenvalue weighted by Crippen LogP contribution is -2.47. The van der Waals surface area contributed by atoms with Crippen molar-refractivity contribution in [2.45, 2.75) is 25.6 Å². The molecule has 0 N–H and O–H groups in total.